The normalized spacial score (nSPS) is 16.1. The van der Waals surface area contributed by atoms with E-state index in [9.17, 15) is 24.8 Å². The lowest BCUT2D eigenvalue weighted by molar-refractivity contribution is -0.385. The number of phenolic OH excluding ortho intramolecular Hbond substituents is 1. The van der Waals surface area contributed by atoms with Gasteiger partial charge in [0, 0.05) is 34.9 Å². The van der Waals surface area contributed by atoms with Crippen molar-refractivity contribution in [2.45, 2.75) is 12.8 Å². The molecule has 4 aromatic rings. The van der Waals surface area contributed by atoms with Crippen LogP contribution in [0.25, 0.3) is 16.7 Å². The number of nitro benzene ring substituents is 1. The number of aromatic hydroxyl groups is 1. The van der Waals surface area contributed by atoms with Crippen LogP contribution in [0.4, 0.5) is 5.69 Å². The molecule has 0 saturated heterocycles. The molecule has 34 heavy (non-hydrogen) atoms. The molecule has 0 spiro atoms. The molecule has 1 aliphatic carbocycles. The SMILES string of the molecule is Cc1cc(=O)oc2c3c(cc(O)c12)OC1=C(C(=O)c2ccccc21)C3c1ccccc1[N+](=O)[O-]. The molecule has 8 nitrogen and oxygen atoms in total. The van der Waals surface area contributed by atoms with Crippen LogP contribution in [0.3, 0.4) is 0 Å². The topological polar surface area (TPSA) is 120 Å². The molecule has 0 saturated carbocycles. The minimum atomic E-state index is -0.965. The first-order valence-corrected chi connectivity index (χ1v) is 10.5. The average Bonchev–Trinajstić information content (AvgIpc) is 3.09. The van der Waals surface area contributed by atoms with Gasteiger partial charge in [-0.2, -0.15) is 0 Å². The summed E-state index contributed by atoms with van der Waals surface area (Å²) < 4.78 is 11.7. The second kappa shape index (κ2) is 6.89. The standard InChI is InChI=1S/C26H15NO7/c1-12-10-19(29)34-26-20(12)17(28)11-18-22(26)21(15-8-4-5-9-16(15)27(31)32)23-24(30)13-6-2-3-7-14(13)25(23)33-18/h2-11,21,28H,1H3. The summed E-state index contributed by atoms with van der Waals surface area (Å²) >= 11 is 0. The average molecular weight is 453 g/mol. The zero-order chi connectivity index (χ0) is 23.7. The highest BCUT2D eigenvalue weighted by atomic mass is 16.6. The van der Waals surface area contributed by atoms with Crippen molar-refractivity contribution in [3.63, 3.8) is 0 Å². The number of fused-ring (bicyclic) bond motifs is 5. The highest BCUT2D eigenvalue weighted by Crippen LogP contribution is 2.55. The molecule has 6 rings (SSSR count). The van der Waals surface area contributed by atoms with Crippen molar-refractivity contribution in [3.05, 3.63) is 115 Å². The van der Waals surface area contributed by atoms with E-state index in [2.05, 4.69) is 0 Å². The second-order valence-corrected chi connectivity index (χ2v) is 8.23. The highest BCUT2D eigenvalue weighted by Gasteiger charge is 2.45. The van der Waals surface area contributed by atoms with Crippen molar-refractivity contribution in [2.75, 3.05) is 0 Å². The largest absolute Gasteiger partial charge is 0.507 e. The molecule has 166 valence electrons. The smallest absolute Gasteiger partial charge is 0.336 e. The fourth-order valence-electron chi connectivity index (χ4n) is 4.97. The molecule has 8 heteroatoms. The number of ether oxygens (including phenoxy) is 1. The van der Waals surface area contributed by atoms with Gasteiger partial charge in [0.15, 0.2) is 5.78 Å². The van der Waals surface area contributed by atoms with Gasteiger partial charge in [0.1, 0.15) is 22.8 Å². The molecule has 2 heterocycles. The van der Waals surface area contributed by atoms with Crippen LogP contribution in [0, 0.1) is 17.0 Å². The number of para-hydroxylation sites is 1. The zero-order valence-electron chi connectivity index (χ0n) is 17.7. The molecule has 1 atom stereocenters. The molecule has 1 unspecified atom stereocenters. The summed E-state index contributed by atoms with van der Waals surface area (Å²) in [5.41, 5.74) is 1.38. The molecule has 2 aliphatic rings. The van der Waals surface area contributed by atoms with Gasteiger partial charge >= 0.3 is 5.63 Å². The lowest BCUT2D eigenvalue weighted by Gasteiger charge is -2.28. The van der Waals surface area contributed by atoms with Crippen molar-refractivity contribution >= 4 is 28.2 Å². The molecule has 0 radical (unpaired) electrons. The van der Waals surface area contributed by atoms with Gasteiger partial charge in [0.2, 0.25) is 0 Å². The molecular weight excluding hydrogens is 438 g/mol. The number of nitrogens with zero attached hydrogens (tertiary/aromatic N) is 1. The van der Waals surface area contributed by atoms with E-state index in [0.29, 0.717) is 16.7 Å². The first-order valence-electron chi connectivity index (χ1n) is 10.5. The Morgan fingerprint density at radius 1 is 1.00 bits per heavy atom. The highest BCUT2D eigenvalue weighted by molar-refractivity contribution is 6.22. The van der Waals surface area contributed by atoms with Crippen LogP contribution in [0.1, 0.15) is 38.5 Å². The maximum absolute atomic E-state index is 13.6. The van der Waals surface area contributed by atoms with Gasteiger partial charge in [-0.05, 0) is 12.5 Å². The Bertz CT molecular complexity index is 1680. The van der Waals surface area contributed by atoms with E-state index < -0.39 is 16.5 Å². The van der Waals surface area contributed by atoms with Crippen LogP contribution in [0.15, 0.2) is 75.4 Å². The maximum Gasteiger partial charge on any atom is 0.336 e. The minimum absolute atomic E-state index is 0.0263. The van der Waals surface area contributed by atoms with E-state index >= 15 is 0 Å². The van der Waals surface area contributed by atoms with Gasteiger partial charge in [0.05, 0.1) is 27.4 Å². The molecule has 1 aliphatic heterocycles. The molecule has 1 aromatic heterocycles. The first-order chi connectivity index (χ1) is 16.4. The van der Waals surface area contributed by atoms with E-state index in [4.69, 9.17) is 9.15 Å². The summed E-state index contributed by atoms with van der Waals surface area (Å²) in [5.74, 6) is -1.03. The lowest BCUT2D eigenvalue weighted by atomic mass is 9.79. The number of ketones is 1. The van der Waals surface area contributed by atoms with Crippen LogP contribution in [0.5, 0.6) is 11.5 Å². The first kappa shape index (κ1) is 19.9. The summed E-state index contributed by atoms with van der Waals surface area (Å²) in [4.78, 5) is 37.3. The van der Waals surface area contributed by atoms with Gasteiger partial charge in [-0.25, -0.2) is 4.79 Å². The Hall–Kier alpha value is -4.72. The Labute approximate surface area is 191 Å². The molecule has 3 aromatic carbocycles. The quantitative estimate of drug-likeness (QED) is 0.262. The van der Waals surface area contributed by atoms with E-state index in [1.54, 1.807) is 49.4 Å². The van der Waals surface area contributed by atoms with Gasteiger partial charge in [0.25, 0.3) is 5.69 Å². The number of rotatable bonds is 2. The number of carbonyl (C=O) groups excluding carboxylic acids is 1. The zero-order valence-corrected chi connectivity index (χ0v) is 17.7. The van der Waals surface area contributed by atoms with Crippen LogP contribution >= 0.6 is 0 Å². The molecular formula is C26H15NO7. The Morgan fingerprint density at radius 2 is 1.71 bits per heavy atom. The summed E-state index contributed by atoms with van der Waals surface area (Å²) in [5, 5.41) is 23.0. The Balaban J connectivity index is 1.78. The van der Waals surface area contributed by atoms with Crippen molar-refractivity contribution in [2.24, 2.45) is 0 Å². The molecule has 0 amide bonds. The summed E-state index contributed by atoms with van der Waals surface area (Å²) in [6, 6.07) is 15.7. The number of carbonyl (C=O) groups is 1. The number of nitro groups is 1. The number of phenols is 1. The summed E-state index contributed by atoms with van der Waals surface area (Å²) in [6.45, 7) is 1.65. The number of benzene rings is 3. The van der Waals surface area contributed by atoms with Crippen LogP contribution in [-0.4, -0.2) is 15.8 Å². The predicted octanol–water partition coefficient (Wildman–Crippen LogP) is 4.85. The molecule has 1 N–H and O–H groups in total. The number of aryl methyl sites for hydroxylation is 1. The van der Waals surface area contributed by atoms with Gasteiger partial charge in [-0.15, -0.1) is 0 Å². The van der Waals surface area contributed by atoms with Crippen LogP contribution in [-0.2, 0) is 0 Å². The van der Waals surface area contributed by atoms with Crippen molar-refractivity contribution in [1.82, 2.24) is 0 Å². The van der Waals surface area contributed by atoms with Gasteiger partial charge in [-0.3, -0.25) is 14.9 Å². The third-order valence-electron chi connectivity index (χ3n) is 6.33. The number of hydrogen-bond donors (Lipinski definition) is 1. The van der Waals surface area contributed by atoms with E-state index in [-0.39, 0.29) is 56.4 Å². The predicted molar refractivity (Wildman–Crippen MR) is 122 cm³/mol. The third-order valence-corrected chi connectivity index (χ3v) is 6.33. The number of hydrogen-bond acceptors (Lipinski definition) is 7. The number of allylic oxidation sites excluding steroid dienone is 1. The second-order valence-electron chi connectivity index (χ2n) is 8.23. The number of Topliss-reactive ketones (excluding diaryl/α,β-unsaturated/α-hetero) is 1. The fraction of sp³-hybridized carbons (Fsp3) is 0.0769. The third kappa shape index (κ3) is 2.59. The van der Waals surface area contributed by atoms with Gasteiger partial charge < -0.3 is 14.3 Å². The molecule has 0 fully saturated rings. The summed E-state index contributed by atoms with van der Waals surface area (Å²) in [6.07, 6.45) is 0. The maximum atomic E-state index is 13.6. The van der Waals surface area contributed by atoms with Crippen LogP contribution < -0.4 is 10.4 Å². The van der Waals surface area contributed by atoms with Crippen molar-refractivity contribution in [3.8, 4) is 11.5 Å². The van der Waals surface area contributed by atoms with E-state index in [0.717, 1.165) is 0 Å². The van der Waals surface area contributed by atoms with E-state index in [1.165, 1.54) is 18.2 Å². The lowest BCUT2D eigenvalue weighted by Crippen LogP contribution is -2.19. The van der Waals surface area contributed by atoms with Gasteiger partial charge in [-0.1, -0.05) is 42.5 Å². The minimum Gasteiger partial charge on any atom is -0.507 e. The van der Waals surface area contributed by atoms with E-state index in [1.807, 2.05) is 0 Å². The Kier molecular flexibility index (Phi) is 4.04. The van der Waals surface area contributed by atoms with Crippen molar-refractivity contribution < 1.29 is 24.0 Å². The summed E-state index contributed by atoms with van der Waals surface area (Å²) in [7, 11) is 0. The monoisotopic (exact) mass is 453 g/mol. The fourth-order valence-corrected chi connectivity index (χ4v) is 4.97. The van der Waals surface area contributed by atoms with Crippen molar-refractivity contribution in [1.29, 1.82) is 0 Å². The molecule has 0 bridgehead atoms. The Morgan fingerprint density at radius 3 is 2.47 bits per heavy atom. The van der Waals surface area contributed by atoms with Crippen LogP contribution in [0.2, 0.25) is 0 Å².